The van der Waals surface area contributed by atoms with Gasteiger partial charge in [-0.1, -0.05) is 42.5 Å². The Kier molecular flexibility index (Phi) is 8.61. The number of nitrogens with zero attached hydrogens (tertiary/aromatic N) is 2. The van der Waals surface area contributed by atoms with E-state index in [4.69, 9.17) is 9.47 Å². The third kappa shape index (κ3) is 6.55. The maximum absolute atomic E-state index is 12.4. The lowest BCUT2D eigenvalue weighted by Crippen LogP contribution is -2.40. The van der Waals surface area contributed by atoms with Crippen LogP contribution in [0.1, 0.15) is 42.7 Å². The Bertz CT molecular complexity index is 1260. The molecule has 1 unspecified atom stereocenters. The van der Waals surface area contributed by atoms with Crippen molar-refractivity contribution in [2.75, 3.05) is 46.4 Å². The molecule has 6 heteroatoms. The molecule has 0 aromatic heterocycles. The number of carbonyl (C=O) groups excluding carboxylic acids is 1. The van der Waals surface area contributed by atoms with Crippen LogP contribution >= 0.6 is 0 Å². The van der Waals surface area contributed by atoms with Gasteiger partial charge >= 0.3 is 0 Å². The van der Waals surface area contributed by atoms with Crippen LogP contribution in [0.5, 0.6) is 11.5 Å². The van der Waals surface area contributed by atoms with Crippen molar-refractivity contribution in [3.8, 4) is 11.5 Å². The standard InChI is InChI=1S/C32H38N2O4/c1-37-30-12-10-27-20-26(8-9-28(27)21-30)24-14-18-33(19-15-24)22-29(35)23-38-31-7-3-2-6-25(31)11-13-32(36)34-16-4-5-17-34/h2-3,6-13,20-21,24,29,35H,4-5,14-19,22-23H2,1H3. The molecule has 2 aliphatic rings. The predicted molar refractivity (Wildman–Crippen MR) is 152 cm³/mol. The number of methoxy groups -OCH3 is 1. The Hall–Kier alpha value is -3.35. The predicted octanol–water partition coefficient (Wildman–Crippen LogP) is 5.10. The van der Waals surface area contributed by atoms with Gasteiger partial charge in [0.15, 0.2) is 0 Å². The molecule has 38 heavy (non-hydrogen) atoms. The van der Waals surface area contributed by atoms with E-state index in [1.54, 1.807) is 13.2 Å². The van der Waals surface area contributed by atoms with Crippen LogP contribution in [0.4, 0.5) is 0 Å². The molecule has 1 N–H and O–H groups in total. The van der Waals surface area contributed by atoms with Gasteiger partial charge in [0.25, 0.3) is 0 Å². The average Bonchev–Trinajstić information content (AvgIpc) is 3.50. The first-order valence-electron chi connectivity index (χ1n) is 13.8. The molecule has 2 aliphatic heterocycles. The van der Waals surface area contributed by atoms with E-state index < -0.39 is 6.10 Å². The van der Waals surface area contributed by atoms with Crippen LogP contribution in [0.2, 0.25) is 0 Å². The minimum Gasteiger partial charge on any atom is -0.497 e. The first-order chi connectivity index (χ1) is 18.6. The molecule has 6 nitrogen and oxygen atoms in total. The number of hydrogen-bond acceptors (Lipinski definition) is 5. The number of carbonyl (C=O) groups is 1. The van der Waals surface area contributed by atoms with E-state index in [1.807, 2.05) is 41.3 Å². The summed E-state index contributed by atoms with van der Waals surface area (Å²) in [7, 11) is 1.70. The second kappa shape index (κ2) is 12.5. The maximum atomic E-state index is 12.4. The number of ether oxygens (including phenoxy) is 2. The highest BCUT2D eigenvalue weighted by Crippen LogP contribution is 2.31. The lowest BCUT2D eigenvalue weighted by Gasteiger charge is -2.33. The number of aliphatic hydroxyl groups excluding tert-OH is 1. The third-order valence-corrected chi connectivity index (χ3v) is 7.77. The van der Waals surface area contributed by atoms with Crippen LogP contribution in [0.15, 0.2) is 66.7 Å². The Morgan fingerprint density at radius 3 is 2.53 bits per heavy atom. The van der Waals surface area contributed by atoms with E-state index in [1.165, 1.54) is 16.3 Å². The van der Waals surface area contributed by atoms with Crippen LogP contribution in [-0.4, -0.2) is 73.4 Å². The molecular formula is C32H38N2O4. The van der Waals surface area contributed by atoms with Crippen molar-refractivity contribution in [3.05, 3.63) is 77.9 Å². The van der Waals surface area contributed by atoms with E-state index in [0.717, 1.165) is 63.2 Å². The van der Waals surface area contributed by atoms with Gasteiger partial charge in [0.2, 0.25) is 5.91 Å². The van der Waals surface area contributed by atoms with Gasteiger partial charge in [-0.15, -0.1) is 0 Å². The summed E-state index contributed by atoms with van der Waals surface area (Å²) in [5, 5.41) is 13.1. The highest BCUT2D eigenvalue weighted by molar-refractivity contribution is 5.92. The largest absolute Gasteiger partial charge is 0.497 e. The smallest absolute Gasteiger partial charge is 0.246 e. The molecule has 0 saturated carbocycles. The number of fused-ring (bicyclic) bond motifs is 1. The number of para-hydroxylation sites is 1. The number of rotatable bonds is 9. The van der Waals surface area contributed by atoms with Gasteiger partial charge in [-0.3, -0.25) is 4.79 Å². The Labute approximate surface area is 225 Å². The van der Waals surface area contributed by atoms with Gasteiger partial charge in [0, 0.05) is 31.3 Å². The van der Waals surface area contributed by atoms with Crippen molar-refractivity contribution < 1.29 is 19.4 Å². The molecule has 0 radical (unpaired) electrons. The zero-order chi connectivity index (χ0) is 26.3. The summed E-state index contributed by atoms with van der Waals surface area (Å²) in [4.78, 5) is 16.6. The zero-order valence-electron chi connectivity index (χ0n) is 22.2. The first kappa shape index (κ1) is 26.3. The topological polar surface area (TPSA) is 62.2 Å². The second-order valence-corrected chi connectivity index (χ2v) is 10.4. The monoisotopic (exact) mass is 514 g/mol. The molecule has 200 valence electrons. The summed E-state index contributed by atoms with van der Waals surface area (Å²) >= 11 is 0. The summed E-state index contributed by atoms with van der Waals surface area (Å²) in [5.74, 6) is 2.15. The van der Waals surface area contributed by atoms with Gasteiger partial charge in [-0.05, 0) is 85.3 Å². The summed E-state index contributed by atoms with van der Waals surface area (Å²) < 4.78 is 11.3. The summed E-state index contributed by atoms with van der Waals surface area (Å²) in [6.45, 7) is 4.40. The summed E-state index contributed by atoms with van der Waals surface area (Å²) in [6.07, 6.45) is 7.17. The van der Waals surface area contributed by atoms with Crippen LogP contribution in [0.25, 0.3) is 16.8 Å². The number of aliphatic hydroxyl groups is 1. The number of piperidine rings is 1. The number of amides is 1. The summed E-state index contributed by atoms with van der Waals surface area (Å²) in [5.41, 5.74) is 2.24. The number of likely N-dealkylation sites (tertiary alicyclic amines) is 2. The number of benzene rings is 3. The highest BCUT2D eigenvalue weighted by atomic mass is 16.5. The van der Waals surface area contributed by atoms with E-state index in [2.05, 4.69) is 35.2 Å². The Balaban J connectivity index is 1.10. The molecule has 1 atom stereocenters. The second-order valence-electron chi connectivity index (χ2n) is 10.4. The molecule has 1 amide bonds. The van der Waals surface area contributed by atoms with Crippen molar-refractivity contribution in [1.29, 1.82) is 0 Å². The lowest BCUT2D eigenvalue weighted by molar-refractivity contribution is -0.124. The lowest BCUT2D eigenvalue weighted by atomic mass is 9.88. The molecule has 2 fully saturated rings. The Morgan fingerprint density at radius 1 is 1.00 bits per heavy atom. The van der Waals surface area contributed by atoms with Crippen molar-refractivity contribution in [2.24, 2.45) is 0 Å². The van der Waals surface area contributed by atoms with Crippen molar-refractivity contribution in [2.45, 2.75) is 37.7 Å². The molecule has 2 heterocycles. The SMILES string of the molecule is COc1ccc2cc(C3CCN(CC(O)COc4ccccc4C=CC(=O)N4CCCC4)CC3)ccc2c1. The van der Waals surface area contributed by atoms with E-state index >= 15 is 0 Å². The van der Waals surface area contributed by atoms with Crippen LogP contribution < -0.4 is 9.47 Å². The van der Waals surface area contributed by atoms with Crippen molar-refractivity contribution in [1.82, 2.24) is 9.80 Å². The fourth-order valence-corrected chi connectivity index (χ4v) is 5.56. The van der Waals surface area contributed by atoms with Crippen LogP contribution in [-0.2, 0) is 4.79 Å². The van der Waals surface area contributed by atoms with Gasteiger partial charge in [-0.2, -0.15) is 0 Å². The molecule has 0 bridgehead atoms. The van der Waals surface area contributed by atoms with Crippen LogP contribution in [0, 0.1) is 0 Å². The van der Waals surface area contributed by atoms with E-state index in [9.17, 15) is 9.90 Å². The third-order valence-electron chi connectivity index (χ3n) is 7.77. The van der Waals surface area contributed by atoms with E-state index in [-0.39, 0.29) is 12.5 Å². The number of β-amino-alcohol motifs (C(OH)–C–C–N with tert-alkyl or cyclic N) is 1. The molecule has 3 aromatic carbocycles. The quantitative estimate of drug-likeness (QED) is 0.403. The van der Waals surface area contributed by atoms with Gasteiger partial charge in [0.05, 0.1) is 7.11 Å². The zero-order valence-corrected chi connectivity index (χ0v) is 22.2. The maximum Gasteiger partial charge on any atom is 0.246 e. The fraction of sp³-hybridized carbons (Fsp3) is 0.406. The highest BCUT2D eigenvalue weighted by Gasteiger charge is 2.23. The average molecular weight is 515 g/mol. The minimum atomic E-state index is -0.578. The molecule has 5 rings (SSSR count). The van der Waals surface area contributed by atoms with Crippen molar-refractivity contribution in [3.63, 3.8) is 0 Å². The normalized spacial score (nSPS) is 17.8. The molecule has 0 spiro atoms. The van der Waals surface area contributed by atoms with Crippen LogP contribution in [0.3, 0.4) is 0 Å². The van der Waals surface area contributed by atoms with Gasteiger partial charge in [-0.25, -0.2) is 0 Å². The van der Waals surface area contributed by atoms with Gasteiger partial charge < -0.3 is 24.4 Å². The Morgan fingerprint density at radius 2 is 1.74 bits per heavy atom. The summed E-state index contributed by atoms with van der Waals surface area (Å²) in [6, 6.07) is 20.6. The molecule has 3 aromatic rings. The minimum absolute atomic E-state index is 0.0460. The van der Waals surface area contributed by atoms with Gasteiger partial charge in [0.1, 0.15) is 24.2 Å². The number of hydrogen-bond donors (Lipinski definition) is 1. The molecule has 0 aliphatic carbocycles. The van der Waals surface area contributed by atoms with Crippen molar-refractivity contribution >= 4 is 22.8 Å². The molecule has 2 saturated heterocycles. The fourth-order valence-electron chi connectivity index (χ4n) is 5.56. The van der Waals surface area contributed by atoms with E-state index in [0.29, 0.717) is 18.2 Å². The molecular weight excluding hydrogens is 476 g/mol. The first-order valence-corrected chi connectivity index (χ1v) is 13.8.